The van der Waals surface area contributed by atoms with E-state index in [-0.39, 0.29) is 17.5 Å². The van der Waals surface area contributed by atoms with Crippen LogP contribution in [-0.4, -0.2) is 16.8 Å². The van der Waals surface area contributed by atoms with E-state index in [1.807, 2.05) is 0 Å². The number of phenolic OH excluding ortho intramolecular Hbond substituents is 2. The number of hydrogen-bond acceptors (Lipinski definition) is 3. The fourth-order valence-electron chi connectivity index (χ4n) is 1.78. The third-order valence-corrected chi connectivity index (χ3v) is 2.45. The molecule has 13 heavy (non-hydrogen) atoms. The highest BCUT2D eigenvalue weighted by Crippen LogP contribution is 2.32. The van der Waals surface area contributed by atoms with Crippen molar-refractivity contribution in [3.05, 3.63) is 23.8 Å². The first kappa shape index (κ1) is 8.38. The van der Waals surface area contributed by atoms with Crippen LogP contribution >= 0.6 is 0 Å². The van der Waals surface area contributed by atoms with E-state index in [1.54, 1.807) is 12.1 Å². The van der Waals surface area contributed by atoms with Gasteiger partial charge < -0.3 is 15.5 Å². The number of benzene rings is 1. The van der Waals surface area contributed by atoms with Crippen molar-refractivity contribution in [2.45, 2.75) is 18.9 Å². The lowest BCUT2D eigenvalue weighted by atomic mass is 10.0. The molecule has 1 saturated heterocycles. The molecule has 1 aromatic rings. The zero-order valence-corrected chi connectivity index (χ0v) is 7.33. The summed E-state index contributed by atoms with van der Waals surface area (Å²) in [4.78, 5) is 0. The summed E-state index contributed by atoms with van der Waals surface area (Å²) in [6.07, 6.45) is 2.20. The average Bonchev–Trinajstić information content (AvgIpc) is 2.56. The van der Waals surface area contributed by atoms with Crippen molar-refractivity contribution in [3.63, 3.8) is 0 Å². The van der Waals surface area contributed by atoms with Gasteiger partial charge in [-0.2, -0.15) is 0 Å². The van der Waals surface area contributed by atoms with Crippen LogP contribution in [0, 0.1) is 0 Å². The molecule has 0 aliphatic carbocycles. The van der Waals surface area contributed by atoms with Crippen molar-refractivity contribution in [1.82, 2.24) is 5.32 Å². The van der Waals surface area contributed by atoms with Gasteiger partial charge in [-0.25, -0.2) is 0 Å². The van der Waals surface area contributed by atoms with Crippen LogP contribution in [0.5, 0.6) is 11.5 Å². The van der Waals surface area contributed by atoms with Gasteiger partial charge in [0.15, 0.2) is 0 Å². The summed E-state index contributed by atoms with van der Waals surface area (Å²) >= 11 is 0. The summed E-state index contributed by atoms with van der Waals surface area (Å²) in [6, 6.07) is 5.01. The summed E-state index contributed by atoms with van der Waals surface area (Å²) in [5.74, 6) is 0.290. The molecule has 3 N–H and O–H groups in total. The van der Waals surface area contributed by atoms with Crippen LogP contribution in [0.25, 0.3) is 0 Å². The third kappa shape index (κ3) is 1.60. The number of rotatable bonds is 1. The Labute approximate surface area is 77.0 Å². The van der Waals surface area contributed by atoms with E-state index in [1.165, 1.54) is 6.07 Å². The zero-order chi connectivity index (χ0) is 9.26. The molecule has 0 bridgehead atoms. The molecule has 3 nitrogen and oxygen atoms in total. The van der Waals surface area contributed by atoms with Crippen LogP contribution in [0.4, 0.5) is 0 Å². The lowest BCUT2D eigenvalue weighted by molar-refractivity contribution is 0.439. The van der Waals surface area contributed by atoms with Crippen molar-refractivity contribution < 1.29 is 10.2 Å². The molecule has 0 unspecified atom stereocenters. The minimum Gasteiger partial charge on any atom is -0.508 e. The largest absolute Gasteiger partial charge is 0.508 e. The van der Waals surface area contributed by atoms with Crippen LogP contribution in [0.2, 0.25) is 0 Å². The highest BCUT2D eigenvalue weighted by molar-refractivity contribution is 5.41. The van der Waals surface area contributed by atoms with E-state index >= 15 is 0 Å². The standard InChI is InChI=1S/C10H13NO2/c12-7-3-4-8(10(13)6-7)9-2-1-5-11-9/h3-4,6,9,11-13H,1-2,5H2/t9-/m1/s1. The molecule has 0 saturated carbocycles. The Balaban J connectivity index is 2.29. The molecule has 0 amide bonds. The summed E-state index contributed by atoms with van der Waals surface area (Å²) in [5, 5.41) is 21.9. The Bertz CT molecular complexity index is 306. The van der Waals surface area contributed by atoms with Gasteiger partial charge in [0.2, 0.25) is 0 Å². The lowest BCUT2D eigenvalue weighted by Crippen LogP contribution is -2.12. The monoisotopic (exact) mass is 179 g/mol. The molecule has 0 spiro atoms. The van der Waals surface area contributed by atoms with E-state index < -0.39 is 0 Å². The number of hydrogen-bond donors (Lipinski definition) is 3. The number of nitrogens with one attached hydrogen (secondary N) is 1. The summed E-state index contributed by atoms with van der Waals surface area (Å²) in [7, 11) is 0. The van der Waals surface area contributed by atoms with Crippen LogP contribution in [0.1, 0.15) is 24.4 Å². The first-order valence-electron chi connectivity index (χ1n) is 4.52. The van der Waals surface area contributed by atoms with E-state index in [2.05, 4.69) is 5.32 Å². The van der Waals surface area contributed by atoms with Gasteiger partial charge in [-0.1, -0.05) is 6.07 Å². The van der Waals surface area contributed by atoms with Crippen molar-refractivity contribution in [1.29, 1.82) is 0 Å². The molecule has 1 atom stereocenters. The molecule has 0 aromatic heterocycles. The van der Waals surface area contributed by atoms with E-state index in [4.69, 9.17) is 5.11 Å². The maximum absolute atomic E-state index is 9.55. The second-order valence-corrected chi connectivity index (χ2v) is 3.39. The second-order valence-electron chi connectivity index (χ2n) is 3.39. The minimum absolute atomic E-state index is 0.110. The fourth-order valence-corrected chi connectivity index (χ4v) is 1.78. The Morgan fingerprint density at radius 3 is 2.77 bits per heavy atom. The van der Waals surface area contributed by atoms with Crippen molar-refractivity contribution in [3.8, 4) is 11.5 Å². The minimum atomic E-state index is 0.110. The Kier molecular flexibility index (Phi) is 2.10. The Morgan fingerprint density at radius 2 is 2.15 bits per heavy atom. The first-order valence-corrected chi connectivity index (χ1v) is 4.52. The summed E-state index contributed by atoms with van der Waals surface area (Å²) in [6.45, 7) is 1.00. The van der Waals surface area contributed by atoms with Gasteiger partial charge in [-0.15, -0.1) is 0 Å². The van der Waals surface area contributed by atoms with Crippen LogP contribution in [-0.2, 0) is 0 Å². The van der Waals surface area contributed by atoms with Gasteiger partial charge >= 0.3 is 0 Å². The molecular formula is C10H13NO2. The molecule has 1 fully saturated rings. The van der Waals surface area contributed by atoms with Gasteiger partial charge in [0.25, 0.3) is 0 Å². The Morgan fingerprint density at radius 1 is 1.31 bits per heavy atom. The SMILES string of the molecule is Oc1ccc([C@H]2CCCN2)c(O)c1. The van der Waals surface area contributed by atoms with E-state index in [0.29, 0.717) is 0 Å². The molecule has 1 aliphatic rings. The lowest BCUT2D eigenvalue weighted by Gasteiger charge is -2.12. The van der Waals surface area contributed by atoms with Crippen LogP contribution < -0.4 is 5.32 Å². The normalized spacial score (nSPS) is 22.0. The van der Waals surface area contributed by atoms with Crippen molar-refractivity contribution in [2.24, 2.45) is 0 Å². The molecule has 3 heteroatoms. The predicted octanol–water partition coefficient (Wildman–Crippen LogP) is 1.52. The average molecular weight is 179 g/mol. The van der Waals surface area contributed by atoms with Crippen molar-refractivity contribution >= 4 is 0 Å². The molecular weight excluding hydrogens is 166 g/mol. The number of aromatic hydroxyl groups is 2. The molecule has 1 aliphatic heterocycles. The highest BCUT2D eigenvalue weighted by Gasteiger charge is 2.18. The van der Waals surface area contributed by atoms with Crippen LogP contribution in [0.3, 0.4) is 0 Å². The molecule has 1 aromatic carbocycles. The van der Waals surface area contributed by atoms with Gasteiger partial charge in [-0.3, -0.25) is 0 Å². The predicted molar refractivity (Wildman–Crippen MR) is 49.7 cm³/mol. The summed E-state index contributed by atoms with van der Waals surface area (Å²) in [5.41, 5.74) is 0.885. The molecule has 2 rings (SSSR count). The van der Waals surface area contributed by atoms with Crippen LogP contribution in [0.15, 0.2) is 18.2 Å². The first-order chi connectivity index (χ1) is 6.27. The molecule has 1 heterocycles. The molecule has 0 radical (unpaired) electrons. The topological polar surface area (TPSA) is 52.5 Å². The maximum Gasteiger partial charge on any atom is 0.124 e. The van der Waals surface area contributed by atoms with E-state index in [9.17, 15) is 5.11 Å². The maximum atomic E-state index is 9.55. The second kappa shape index (κ2) is 3.26. The molecule has 70 valence electrons. The Hall–Kier alpha value is -1.22. The number of phenols is 2. The highest BCUT2D eigenvalue weighted by atomic mass is 16.3. The third-order valence-electron chi connectivity index (χ3n) is 2.45. The van der Waals surface area contributed by atoms with Crippen molar-refractivity contribution in [2.75, 3.05) is 6.54 Å². The van der Waals surface area contributed by atoms with Gasteiger partial charge in [-0.05, 0) is 25.5 Å². The smallest absolute Gasteiger partial charge is 0.124 e. The quantitative estimate of drug-likeness (QED) is 0.612. The van der Waals surface area contributed by atoms with Gasteiger partial charge in [0, 0.05) is 17.7 Å². The van der Waals surface area contributed by atoms with Gasteiger partial charge in [0.1, 0.15) is 11.5 Å². The van der Waals surface area contributed by atoms with Gasteiger partial charge in [0.05, 0.1) is 0 Å². The summed E-state index contributed by atoms with van der Waals surface area (Å²) < 4.78 is 0. The fraction of sp³-hybridized carbons (Fsp3) is 0.400. The van der Waals surface area contributed by atoms with E-state index in [0.717, 1.165) is 24.9 Å². The zero-order valence-electron chi connectivity index (χ0n) is 7.33.